The van der Waals surface area contributed by atoms with E-state index in [1.807, 2.05) is 0 Å². The van der Waals surface area contributed by atoms with Crippen LogP contribution in [0.2, 0.25) is 0 Å². The van der Waals surface area contributed by atoms with Crippen molar-refractivity contribution in [2.75, 3.05) is 6.61 Å². The molecule has 5 nitrogen and oxygen atoms in total. The normalized spacial score (nSPS) is 34.1. The van der Waals surface area contributed by atoms with Gasteiger partial charge >= 0.3 is 0 Å². The van der Waals surface area contributed by atoms with Crippen LogP contribution in [0.3, 0.4) is 0 Å². The maximum atomic E-state index is 9.94. The van der Waals surface area contributed by atoms with Crippen LogP contribution in [0, 0.1) is 0 Å². The van der Waals surface area contributed by atoms with Crippen molar-refractivity contribution < 1.29 is 14.4 Å². The van der Waals surface area contributed by atoms with Crippen LogP contribution in [0.4, 0.5) is 0 Å². The Morgan fingerprint density at radius 3 is 2.76 bits per heavy atom. The number of hydrogen-bond donors (Lipinski definition) is 1. The lowest BCUT2D eigenvalue weighted by Crippen LogP contribution is -2.22. The van der Waals surface area contributed by atoms with Gasteiger partial charge in [-0.3, -0.25) is 0 Å². The second kappa shape index (κ2) is 4.74. The molecule has 2 heterocycles. The van der Waals surface area contributed by atoms with Gasteiger partial charge in [0, 0.05) is 6.61 Å². The highest BCUT2D eigenvalue weighted by atomic mass is 16.5. The summed E-state index contributed by atoms with van der Waals surface area (Å²) in [6.45, 7) is 0.778. The zero-order valence-corrected chi connectivity index (χ0v) is 9.84. The molecule has 3 rings (SSSR count). The van der Waals surface area contributed by atoms with Crippen molar-refractivity contribution in [3.05, 3.63) is 11.7 Å². The maximum absolute atomic E-state index is 9.94. The van der Waals surface area contributed by atoms with Crippen molar-refractivity contribution in [1.82, 2.24) is 10.1 Å². The van der Waals surface area contributed by atoms with Gasteiger partial charge in [-0.2, -0.15) is 4.98 Å². The van der Waals surface area contributed by atoms with Crippen molar-refractivity contribution in [3.63, 3.8) is 0 Å². The van der Waals surface area contributed by atoms with Gasteiger partial charge in [0.05, 0.1) is 12.0 Å². The molecular formula is C12H18N2O3. The van der Waals surface area contributed by atoms with Gasteiger partial charge in [0.25, 0.3) is 0 Å². The zero-order valence-electron chi connectivity index (χ0n) is 9.84. The predicted octanol–water partition coefficient (Wildman–Crippen LogP) is 1.94. The molecule has 1 saturated heterocycles. The highest BCUT2D eigenvalue weighted by Gasteiger charge is 2.31. The SMILES string of the molecule is OC1CCCCC1c1nc(C2CCCO2)no1. The lowest BCUT2D eigenvalue weighted by Gasteiger charge is -2.24. The van der Waals surface area contributed by atoms with Gasteiger partial charge in [-0.05, 0) is 25.7 Å². The van der Waals surface area contributed by atoms with Crippen LogP contribution < -0.4 is 0 Å². The average Bonchev–Trinajstić information content (AvgIpc) is 3.00. The molecule has 17 heavy (non-hydrogen) atoms. The van der Waals surface area contributed by atoms with Crippen LogP contribution in [-0.2, 0) is 4.74 Å². The summed E-state index contributed by atoms with van der Waals surface area (Å²) < 4.78 is 10.8. The molecule has 94 valence electrons. The number of aromatic nitrogens is 2. The van der Waals surface area contributed by atoms with Gasteiger partial charge < -0.3 is 14.4 Å². The molecule has 1 aliphatic carbocycles. The van der Waals surface area contributed by atoms with E-state index in [9.17, 15) is 5.11 Å². The van der Waals surface area contributed by atoms with Gasteiger partial charge in [-0.15, -0.1) is 0 Å². The molecule has 2 fully saturated rings. The third-order valence-electron chi connectivity index (χ3n) is 3.72. The number of aliphatic hydroxyl groups excluding tert-OH is 1. The van der Waals surface area contributed by atoms with Crippen molar-refractivity contribution in [2.45, 2.75) is 56.7 Å². The molecule has 5 heteroatoms. The van der Waals surface area contributed by atoms with E-state index in [1.54, 1.807) is 0 Å². The van der Waals surface area contributed by atoms with Crippen LogP contribution in [0.1, 0.15) is 62.3 Å². The first-order valence-electron chi connectivity index (χ1n) is 6.48. The molecular weight excluding hydrogens is 220 g/mol. The fraction of sp³-hybridized carbons (Fsp3) is 0.833. The molecule has 0 bridgehead atoms. The first-order valence-corrected chi connectivity index (χ1v) is 6.48. The quantitative estimate of drug-likeness (QED) is 0.852. The highest BCUT2D eigenvalue weighted by Crippen LogP contribution is 2.33. The van der Waals surface area contributed by atoms with Gasteiger partial charge in [-0.25, -0.2) is 0 Å². The smallest absolute Gasteiger partial charge is 0.232 e. The molecule has 1 aliphatic heterocycles. The number of nitrogens with zero attached hydrogens (tertiary/aromatic N) is 2. The summed E-state index contributed by atoms with van der Waals surface area (Å²) in [6.07, 6.45) is 5.67. The van der Waals surface area contributed by atoms with Gasteiger partial charge in [0.1, 0.15) is 6.10 Å². The molecule has 1 aromatic rings. The van der Waals surface area contributed by atoms with Crippen molar-refractivity contribution in [1.29, 1.82) is 0 Å². The summed E-state index contributed by atoms with van der Waals surface area (Å²) in [5.41, 5.74) is 0. The fourth-order valence-corrected chi connectivity index (χ4v) is 2.71. The van der Waals surface area contributed by atoms with Crippen LogP contribution in [0.15, 0.2) is 4.52 Å². The summed E-state index contributed by atoms with van der Waals surface area (Å²) in [7, 11) is 0. The largest absolute Gasteiger partial charge is 0.392 e. The van der Waals surface area contributed by atoms with E-state index in [0.29, 0.717) is 11.7 Å². The molecule has 3 unspecified atom stereocenters. The third kappa shape index (κ3) is 2.21. The Balaban J connectivity index is 1.74. The Labute approximate surface area is 100 Å². The van der Waals surface area contributed by atoms with Gasteiger partial charge in [-0.1, -0.05) is 18.0 Å². The third-order valence-corrected chi connectivity index (χ3v) is 3.72. The minimum atomic E-state index is -0.332. The van der Waals surface area contributed by atoms with Crippen molar-refractivity contribution in [3.8, 4) is 0 Å². The molecule has 1 N–H and O–H groups in total. The number of ether oxygens (including phenoxy) is 1. The average molecular weight is 238 g/mol. The van der Waals surface area contributed by atoms with E-state index in [0.717, 1.165) is 45.1 Å². The maximum Gasteiger partial charge on any atom is 0.232 e. The Morgan fingerprint density at radius 2 is 2.00 bits per heavy atom. The highest BCUT2D eigenvalue weighted by molar-refractivity contribution is 5.01. The van der Waals surface area contributed by atoms with Crippen LogP contribution >= 0.6 is 0 Å². The van der Waals surface area contributed by atoms with Gasteiger partial charge in [0.2, 0.25) is 11.7 Å². The molecule has 0 amide bonds. The van der Waals surface area contributed by atoms with Gasteiger partial charge in [0.15, 0.2) is 0 Å². The predicted molar refractivity (Wildman–Crippen MR) is 59.4 cm³/mol. The Bertz CT molecular complexity index is 374. The first kappa shape index (κ1) is 11.2. The monoisotopic (exact) mass is 238 g/mol. The number of aliphatic hydroxyl groups is 1. The lowest BCUT2D eigenvalue weighted by atomic mass is 9.86. The molecule has 0 spiro atoms. The summed E-state index contributed by atoms with van der Waals surface area (Å²) in [4.78, 5) is 4.40. The Hall–Kier alpha value is -0.940. The lowest BCUT2D eigenvalue weighted by molar-refractivity contribution is 0.0906. The Kier molecular flexibility index (Phi) is 3.11. The number of hydrogen-bond acceptors (Lipinski definition) is 5. The van der Waals surface area contributed by atoms with E-state index in [4.69, 9.17) is 9.26 Å². The summed E-state index contributed by atoms with van der Waals surface area (Å²) in [6, 6.07) is 0. The molecule has 2 aliphatic rings. The molecule has 0 radical (unpaired) electrons. The number of rotatable bonds is 2. The molecule has 1 aromatic heterocycles. The van der Waals surface area contributed by atoms with Crippen LogP contribution in [0.25, 0.3) is 0 Å². The van der Waals surface area contributed by atoms with Crippen LogP contribution in [0.5, 0.6) is 0 Å². The molecule has 0 aromatic carbocycles. The molecule has 1 saturated carbocycles. The fourth-order valence-electron chi connectivity index (χ4n) is 2.71. The van der Waals surface area contributed by atoms with Crippen molar-refractivity contribution >= 4 is 0 Å². The van der Waals surface area contributed by atoms with E-state index in [2.05, 4.69) is 10.1 Å². The molecule has 3 atom stereocenters. The summed E-state index contributed by atoms with van der Waals surface area (Å²) >= 11 is 0. The second-order valence-electron chi connectivity index (χ2n) is 4.95. The minimum absolute atomic E-state index is 0.00627. The second-order valence-corrected chi connectivity index (χ2v) is 4.95. The van der Waals surface area contributed by atoms with Crippen molar-refractivity contribution in [2.24, 2.45) is 0 Å². The topological polar surface area (TPSA) is 68.4 Å². The minimum Gasteiger partial charge on any atom is -0.392 e. The first-order chi connectivity index (χ1) is 8.34. The van der Waals surface area contributed by atoms with Crippen LogP contribution in [-0.4, -0.2) is 28.0 Å². The Morgan fingerprint density at radius 1 is 1.12 bits per heavy atom. The van der Waals surface area contributed by atoms with E-state index in [1.165, 1.54) is 0 Å². The zero-order chi connectivity index (χ0) is 11.7. The standard InChI is InChI=1S/C12H18N2O3/c15-9-5-2-1-4-8(9)12-13-11(14-17-12)10-6-3-7-16-10/h8-10,15H,1-7H2. The van der Waals surface area contributed by atoms with E-state index < -0.39 is 0 Å². The van der Waals surface area contributed by atoms with E-state index >= 15 is 0 Å². The summed E-state index contributed by atoms with van der Waals surface area (Å²) in [5, 5.41) is 13.9. The summed E-state index contributed by atoms with van der Waals surface area (Å²) in [5.74, 6) is 1.25. The van der Waals surface area contributed by atoms with E-state index in [-0.39, 0.29) is 18.1 Å².